The maximum atomic E-state index is 10.3. The Kier molecular flexibility index (Phi) is 10.2. The van der Waals surface area contributed by atoms with Gasteiger partial charge in [0.05, 0.1) is 0 Å². The van der Waals surface area contributed by atoms with E-state index < -0.39 is 12.2 Å². The van der Waals surface area contributed by atoms with Crippen LogP contribution in [-0.2, 0) is 0 Å². The van der Waals surface area contributed by atoms with Gasteiger partial charge in [-0.2, -0.15) is 17.6 Å². The molecule has 0 aliphatic rings. The number of hydrogen-bond donors (Lipinski definition) is 0. The molecule has 0 aromatic carbocycles. The molecule has 0 aromatic rings. The van der Waals surface area contributed by atoms with Crippen molar-refractivity contribution in [3.05, 3.63) is 37.5 Å². The van der Waals surface area contributed by atoms with Crippen LogP contribution in [0.1, 0.15) is 6.42 Å². The summed E-state index contributed by atoms with van der Waals surface area (Å²) in [4.78, 5) is 0. The van der Waals surface area contributed by atoms with Gasteiger partial charge in [-0.1, -0.05) is 12.2 Å². The monoisotopic (exact) mass is 168 g/mol. The SMILES string of the molecule is C=CCC=C.FC(F)=C(F)F. The van der Waals surface area contributed by atoms with Gasteiger partial charge in [-0.15, -0.1) is 13.2 Å². The van der Waals surface area contributed by atoms with Gasteiger partial charge >= 0.3 is 12.2 Å². The minimum Gasteiger partial charge on any atom is -0.167 e. The fourth-order valence-corrected chi connectivity index (χ4v) is 0.118. The molecule has 64 valence electrons. The predicted octanol–water partition coefficient (Wildman–Crippen LogP) is 3.74. The molecule has 0 saturated carbocycles. The third kappa shape index (κ3) is 17.6. The van der Waals surface area contributed by atoms with E-state index in [9.17, 15) is 17.6 Å². The van der Waals surface area contributed by atoms with Gasteiger partial charge in [0, 0.05) is 0 Å². The highest BCUT2D eigenvalue weighted by molar-refractivity contribution is 4.79. The molecule has 0 saturated heterocycles. The summed E-state index contributed by atoms with van der Waals surface area (Å²) in [6.45, 7) is 6.96. The van der Waals surface area contributed by atoms with E-state index in [-0.39, 0.29) is 0 Å². The van der Waals surface area contributed by atoms with E-state index in [0.717, 1.165) is 6.42 Å². The zero-order chi connectivity index (χ0) is 9.28. The van der Waals surface area contributed by atoms with Gasteiger partial charge in [0.15, 0.2) is 0 Å². The summed E-state index contributed by atoms with van der Waals surface area (Å²) in [6.07, 6.45) is -1.27. The summed E-state index contributed by atoms with van der Waals surface area (Å²) in [5, 5.41) is 0. The molecule has 0 radical (unpaired) electrons. The molecular weight excluding hydrogens is 160 g/mol. The van der Waals surface area contributed by atoms with Crippen molar-refractivity contribution in [1.29, 1.82) is 0 Å². The van der Waals surface area contributed by atoms with Crippen molar-refractivity contribution in [2.75, 3.05) is 0 Å². The quantitative estimate of drug-likeness (QED) is 0.435. The largest absolute Gasteiger partial charge is 0.334 e. The first-order valence-corrected chi connectivity index (χ1v) is 2.64. The molecule has 0 bridgehead atoms. The van der Waals surface area contributed by atoms with Gasteiger partial charge in [0.1, 0.15) is 0 Å². The van der Waals surface area contributed by atoms with Crippen molar-refractivity contribution >= 4 is 0 Å². The summed E-state index contributed by atoms with van der Waals surface area (Å²) >= 11 is 0. The third-order valence-corrected chi connectivity index (χ3v) is 0.476. The standard InChI is InChI=1S/C5H8.C2F4/c1-3-5-4-2;3-1(4)2(5)6/h3-4H,1-2,5H2;. The van der Waals surface area contributed by atoms with Gasteiger partial charge < -0.3 is 0 Å². The Balaban J connectivity index is 0. The van der Waals surface area contributed by atoms with E-state index in [2.05, 4.69) is 13.2 Å². The Morgan fingerprint density at radius 1 is 0.909 bits per heavy atom. The molecule has 0 aliphatic carbocycles. The van der Waals surface area contributed by atoms with Gasteiger partial charge in [0.25, 0.3) is 0 Å². The van der Waals surface area contributed by atoms with Crippen molar-refractivity contribution in [2.45, 2.75) is 6.42 Å². The lowest BCUT2D eigenvalue weighted by Crippen LogP contribution is -1.56. The zero-order valence-corrected chi connectivity index (χ0v) is 5.79. The Labute approximate surface area is 62.5 Å². The van der Waals surface area contributed by atoms with Gasteiger partial charge in [-0.05, 0) is 6.42 Å². The van der Waals surface area contributed by atoms with Crippen molar-refractivity contribution in [1.82, 2.24) is 0 Å². The smallest absolute Gasteiger partial charge is 0.167 e. The van der Waals surface area contributed by atoms with Crippen molar-refractivity contribution in [3.8, 4) is 0 Å². The highest BCUT2D eigenvalue weighted by atomic mass is 19.3. The van der Waals surface area contributed by atoms with Crippen LogP contribution in [0.25, 0.3) is 0 Å². The Hall–Kier alpha value is -1.06. The fourth-order valence-electron chi connectivity index (χ4n) is 0.118. The molecule has 11 heavy (non-hydrogen) atoms. The van der Waals surface area contributed by atoms with E-state index in [1.807, 2.05) is 12.2 Å². The highest BCUT2D eigenvalue weighted by Crippen LogP contribution is 2.08. The number of allylic oxidation sites excluding steroid dienone is 2. The van der Waals surface area contributed by atoms with Crippen LogP contribution in [0.3, 0.4) is 0 Å². The maximum absolute atomic E-state index is 10.3. The van der Waals surface area contributed by atoms with Gasteiger partial charge in [-0.3, -0.25) is 0 Å². The van der Waals surface area contributed by atoms with Crippen LogP contribution >= 0.6 is 0 Å². The van der Waals surface area contributed by atoms with E-state index in [1.165, 1.54) is 0 Å². The van der Waals surface area contributed by atoms with Crippen molar-refractivity contribution < 1.29 is 17.6 Å². The second-order valence-corrected chi connectivity index (χ2v) is 1.33. The first kappa shape index (κ1) is 12.6. The van der Waals surface area contributed by atoms with Crippen LogP contribution in [0.15, 0.2) is 37.5 Å². The molecule has 0 spiro atoms. The first-order valence-electron chi connectivity index (χ1n) is 2.64. The molecule has 0 amide bonds. The van der Waals surface area contributed by atoms with Gasteiger partial charge in [-0.25, -0.2) is 0 Å². The summed E-state index contributed by atoms with van der Waals surface area (Å²) in [5.74, 6) is 0. The van der Waals surface area contributed by atoms with Crippen LogP contribution in [-0.4, -0.2) is 0 Å². The molecule has 0 nitrogen and oxygen atoms in total. The average Bonchev–Trinajstić information content (AvgIpc) is 1.90. The minimum absolute atomic E-state index is 0.917. The molecule has 0 rings (SSSR count). The van der Waals surface area contributed by atoms with Crippen LogP contribution < -0.4 is 0 Å². The maximum Gasteiger partial charge on any atom is 0.334 e. The highest BCUT2D eigenvalue weighted by Gasteiger charge is 1.98. The number of rotatable bonds is 2. The molecule has 0 heterocycles. The normalized spacial score (nSPS) is 7.27. The molecular formula is C7H8F4. The van der Waals surface area contributed by atoms with Crippen LogP contribution in [0.4, 0.5) is 17.6 Å². The molecule has 0 unspecified atom stereocenters. The lowest BCUT2D eigenvalue weighted by Gasteiger charge is -1.69. The lowest BCUT2D eigenvalue weighted by atomic mass is 10.4. The second-order valence-electron chi connectivity index (χ2n) is 1.33. The van der Waals surface area contributed by atoms with Crippen molar-refractivity contribution in [3.63, 3.8) is 0 Å². The number of halogens is 4. The Bertz CT molecular complexity index is 125. The zero-order valence-electron chi connectivity index (χ0n) is 5.79. The number of hydrogen-bond acceptors (Lipinski definition) is 0. The summed E-state index contributed by atoms with van der Waals surface area (Å²) in [7, 11) is 0. The Morgan fingerprint density at radius 2 is 1.18 bits per heavy atom. The summed E-state index contributed by atoms with van der Waals surface area (Å²) in [6, 6.07) is 0. The van der Waals surface area contributed by atoms with E-state index in [0.29, 0.717) is 0 Å². The topological polar surface area (TPSA) is 0 Å². The minimum atomic E-state index is -2.91. The first-order chi connectivity index (χ1) is 5.06. The lowest BCUT2D eigenvalue weighted by molar-refractivity contribution is 0.308. The van der Waals surface area contributed by atoms with Crippen molar-refractivity contribution in [2.24, 2.45) is 0 Å². The van der Waals surface area contributed by atoms with Crippen LogP contribution in [0, 0.1) is 0 Å². The average molecular weight is 168 g/mol. The van der Waals surface area contributed by atoms with E-state index in [4.69, 9.17) is 0 Å². The molecule has 0 N–H and O–H groups in total. The fraction of sp³-hybridized carbons (Fsp3) is 0.143. The van der Waals surface area contributed by atoms with Gasteiger partial charge in [0.2, 0.25) is 0 Å². The molecule has 0 aromatic heterocycles. The predicted molar refractivity (Wildman–Crippen MR) is 36.5 cm³/mol. The van der Waals surface area contributed by atoms with Crippen LogP contribution in [0.5, 0.6) is 0 Å². The van der Waals surface area contributed by atoms with E-state index >= 15 is 0 Å². The second kappa shape index (κ2) is 8.94. The summed E-state index contributed by atoms with van der Waals surface area (Å²) < 4.78 is 41.1. The van der Waals surface area contributed by atoms with E-state index in [1.54, 1.807) is 0 Å². The molecule has 0 aliphatic heterocycles. The molecule has 0 fully saturated rings. The third-order valence-electron chi connectivity index (χ3n) is 0.476. The molecule has 4 heteroatoms. The van der Waals surface area contributed by atoms with Crippen LogP contribution in [0.2, 0.25) is 0 Å². The molecule has 0 atom stereocenters. The summed E-state index contributed by atoms with van der Waals surface area (Å²) in [5.41, 5.74) is 0. The Morgan fingerprint density at radius 3 is 1.18 bits per heavy atom.